The van der Waals surface area contributed by atoms with Gasteiger partial charge in [0.05, 0.1) is 17.3 Å². The molecule has 1 saturated heterocycles. The summed E-state index contributed by atoms with van der Waals surface area (Å²) in [5.74, 6) is -0.456. The molecule has 0 spiro atoms. The van der Waals surface area contributed by atoms with Crippen LogP contribution in [0.1, 0.15) is 29.9 Å². The Morgan fingerprint density at radius 1 is 1.04 bits per heavy atom. The molecule has 0 bridgehead atoms. The topological polar surface area (TPSA) is 36.3 Å². The predicted octanol–water partition coefficient (Wildman–Crippen LogP) is 4.98. The number of benzene rings is 2. The maximum Gasteiger partial charge on any atom is 0.573 e. The summed E-state index contributed by atoms with van der Waals surface area (Å²) in [7, 11) is 0. The van der Waals surface area contributed by atoms with Crippen molar-refractivity contribution in [2.24, 2.45) is 0 Å². The Morgan fingerprint density at radius 3 is 2.23 bits per heavy atom. The van der Waals surface area contributed by atoms with Crippen LogP contribution in [0.15, 0.2) is 42.5 Å². The smallest absolute Gasteiger partial charge is 0.406 e. The van der Waals surface area contributed by atoms with Crippen molar-refractivity contribution in [1.82, 2.24) is 0 Å². The normalized spacial score (nSPS) is 15.6. The van der Waals surface area contributed by atoms with Gasteiger partial charge in [0.25, 0.3) is 0 Å². The van der Waals surface area contributed by atoms with Crippen molar-refractivity contribution in [3.8, 4) is 11.8 Å². The van der Waals surface area contributed by atoms with Crippen LogP contribution in [0.5, 0.6) is 5.75 Å². The van der Waals surface area contributed by atoms with E-state index in [0.29, 0.717) is 18.8 Å². The van der Waals surface area contributed by atoms with E-state index in [1.54, 1.807) is 24.3 Å². The monoisotopic (exact) mass is 364 g/mol. The average molecular weight is 364 g/mol. The standard InChI is InChI=1S/C19H16F4N2O/c20-17-11-13(12-24)1-6-18(17)25-9-7-15(8-10-25)14-2-4-16(5-3-14)26-19(21,22)23/h1-6,11,15H,7-10H2. The van der Waals surface area contributed by atoms with Gasteiger partial charge in [0, 0.05) is 13.1 Å². The van der Waals surface area contributed by atoms with Crippen LogP contribution in [-0.2, 0) is 0 Å². The quantitative estimate of drug-likeness (QED) is 0.721. The Hall–Kier alpha value is -2.75. The molecule has 1 aliphatic rings. The molecule has 0 aromatic heterocycles. The van der Waals surface area contributed by atoms with E-state index in [4.69, 9.17) is 5.26 Å². The van der Waals surface area contributed by atoms with Gasteiger partial charge in [-0.25, -0.2) is 4.39 Å². The first-order valence-electron chi connectivity index (χ1n) is 8.16. The molecular weight excluding hydrogens is 348 g/mol. The van der Waals surface area contributed by atoms with Crippen LogP contribution in [0, 0.1) is 17.1 Å². The van der Waals surface area contributed by atoms with E-state index in [9.17, 15) is 17.6 Å². The molecule has 3 nitrogen and oxygen atoms in total. The first-order chi connectivity index (χ1) is 12.4. The Morgan fingerprint density at radius 2 is 1.69 bits per heavy atom. The maximum absolute atomic E-state index is 14.1. The van der Waals surface area contributed by atoms with Crippen LogP contribution in [0.2, 0.25) is 0 Å². The number of ether oxygens (including phenoxy) is 1. The third-order valence-electron chi connectivity index (χ3n) is 4.50. The van der Waals surface area contributed by atoms with Crippen molar-refractivity contribution in [2.45, 2.75) is 25.1 Å². The summed E-state index contributed by atoms with van der Waals surface area (Å²) in [5.41, 5.74) is 1.69. The Labute approximate surface area is 148 Å². The third-order valence-corrected chi connectivity index (χ3v) is 4.50. The molecule has 0 saturated carbocycles. The highest BCUT2D eigenvalue weighted by Gasteiger charge is 2.31. The van der Waals surface area contributed by atoms with Crippen LogP contribution in [0.25, 0.3) is 0 Å². The Balaban J connectivity index is 1.63. The summed E-state index contributed by atoms with van der Waals surface area (Å²) in [6.07, 6.45) is -3.17. The number of nitriles is 1. The summed E-state index contributed by atoms with van der Waals surface area (Å²) in [4.78, 5) is 1.92. The summed E-state index contributed by atoms with van der Waals surface area (Å²) in [6, 6.07) is 12.2. The number of hydrogen-bond donors (Lipinski definition) is 0. The Bertz CT molecular complexity index is 804. The van der Waals surface area contributed by atoms with Crippen molar-refractivity contribution < 1.29 is 22.3 Å². The fraction of sp³-hybridized carbons (Fsp3) is 0.316. The van der Waals surface area contributed by atoms with E-state index in [1.165, 1.54) is 18.2 Å². The largest absolute Gasteiger partial charge is 0.573 e. The minimum atomic E-state index is -4.70. The van der Waals surface area contributed by atoms with Crippen LogP contribution >= 0.6 is 0 Å². The summed E-state index contributed by atoms with van der Waals surface area (Å²) >= 11 is 0. The van der Waals surface area contributed by atoms with Gasteiger partial charge in [0.1, 0.15) is 11.6 Å². The molecule has 26 heavy (non-hydrogen) atoms. The number of piperidine rings is 1. The fourth-order valence-electron chi connectivity index (χ4n) is 3.23. The molecule has 3 rings (SSSR count). The van der Waals surface area contributed by atoms with E-state index in [-0.39, 0.29) is 17.2 Å². The molecule has 136 valence electrons. The molecule has 0 unspecified atom stereocenters. The highest BCUT2D eigenvalue weighted by atomic mass is 19.4. The van der Waals surface area contributed by atoms with Gasteiger partial charge >= 0.3 is 6.36 Å². The summed E-state index contributed by atoms with van der Waals surface area (Å²) < 4.78 is 54.6. The number of rotatable bonds is 3. The van der Waals surface area contributed by atoms with Crippen molar-refractivity contribution in [1.29, 1.82) is 5.26 Å². The second kappa shape index (κ2) is 7.24. The van der Waals surface area contributed by atoms with Gasteiger partial charge in [-0.05, 0) is 54.7 Å². The van der Waals surface area contributed by atoms with Gasteiger partial charge in [-0.15, -0.1) is 13.2 Å². The van der Waals surface area contributed by atoms with E-state index in [1.807, 2.05) is 11.0 Å². The zero-order valence-corrected chi connectivity index (χ0v) is 13.8. The lowest BCUT2D eigenvalue weighted by Gasteiger charge is -2.34. The van der Waals surface area contributed by atoms with Gasteiger partial charge in [-0.1, -0.05) is 12.1 Å². The lowest BCUT2D eigenvalue weighted by atomic mass is 9.89. The fourth-order valence-corrected chi connectivity index (χ4v) is 3.23. The highest BCUT2D eigenvalue weighted by Crippen LogP contribution is 2.33. The second-order valence-corrected chi connectivity index (χ2v) is 6.16. The van der Waals surface area contributed by atoms with Gasteiger partial charge in [0.15, 0.2) is 0 Å². The molecule has 0 amide bonds. The molecule has 0 aliphatic carbocycles. The number of anilines is 1. The number of halogens is 4. The van der Waals surface area contributed by atoms with Crippen molar-refractivity contribution in [3.63, 3.8) is 0 Å². The van der Waals surface area contributed by atoms with Crippen LogP contribution in [0.3, 0.4) is 0 Å². The highest BCUT2D eigenvalue weighted by molar-refractivity contribution is 5.51. The SMILES string of the molecule is N#Cc1ccc(N2CCC(c3ccc(OC(F)(F)F)cc3)CC2)c(F)c1. The molecular formula is C19H16F4N2O. The van der Waals surface area contributed by atoms with Crippen molar-refractivity contribution in [3.05, 3.63) is 59.4 Å². The van der Waals surface area contributed by atoms with Gasteiger partial charge in [-0.2, -0.15) is 5.26 Å². The molecule has 2 aromatic rings. The van der Waals surface area contributed by atoms with E-state index in [0.717, 1.165) is 18.4 Å². The first-order valence-corrected chi connectivity index (χ1v) is 8.16. The summed E-state index contributed by atoms with van der Waals surface area (Å²) in [6.45, 7) is 1.27. The molecule has 2 aromatic carbocycles. The lowest BCUT2D eigenvalue weighted by Crippen LogP contribution is -2.33. The third kappa shape index (κ3) is 4.26. The van der Waals surface area contributed by atoms with E-state index < -0.39 is 12.2 Å². The minimum Gasteiger partial charge on any atom is -0.406 e. The molecule has 0 radical (unpaired) electrons. The maximum atomic E-state index is 14.1. The molecule has 1 heterocycles. The van der Waals surface area contributed by atoms with Crippen molar-refractivity contribution >= 4 is 5.69 Å². The second-order valence-electron chi connectivity index (χ2n) is 6.16. The zero-order valence-electron chi connectivity index (χ0n) is 13.8. The number of hydrogen-bond acceptors (Lipinski definition) is 3. The lowest BCUT2D eigenvalue weighted by molar-refractivity contribution is -0.274. The zero-order chi connectivity index (χ0) is 18.7. The first kappa shape index (κ1) is 18.1. The molecule has 1 fully saturated rings. The average Bonchev–Trinajstić information content (AvgIpc) is 2.61. The van der Waals surface area contributed by atoms with E-state index in [2.05, 4.69) is 4.74 Å². The number of alkyl halides is 3. The molecule has 7 heteroatoms. The minimum absolute atomic E-state index is 0.202. The number of nitrogens with zero attached hydrogens (tertiary/aromatic N) is 2. The van der Waals surface area contributed by atoms with Crippen LogP contribution < -0.4 is 9.64 Å². The predicted molar refractivity (Wildman–Crippen MR) is 88.4 cm³/mol. The van der Waals surface area contributed by atoms with Crippen LogP contribution in [0.4, 0.5) is 23.2 Å². The molecule has 1 aliphatic heterocycles. The van der Waals surface area contributed by atoms with Crippen LogP contribution in [-0.4, -0.2) is 19.5 Å². The van der Waals surface area contributed by atoms with Gasteiger partial charge < -0.3 is 9.64 Å². The Kier molecular flexibility index (Phi) is 5.03. The van der Waals surface area contributed by atoms with E-state index >= 15 is 0 Å². The molecule has 0 N–H and O–H groups in total. The van der Waals surface area contributed by atoms with Gasteiger partial charge in [0.2, 0.25) is 0 Å². The summed E-state index contributed by atoms with van der Waals surface area (Å²) in [5, 5.41) is 8.80. The molecule has 0 atom stereocenters. The van der Waals surface area contributed by atoms with Crippen molar-refractivity contribution in [2.75, 3.05) is 18.0 Å². The van der Waals surface area contributed by atoms with Gasteiger partial charge in [-0.3, -0.25) is 0 Å².